The SMILES string of the molecule is CC(=O)c1cn(CC(=O)N2C[C@H](F)C[C@H]2C(=O)Nc2cccc(Br)n2)c2ccc(-c3cnc(F)nc3)cc12. The van der Waals surface area contributed by atoms with Crippen LogP contribution in [0.5, 0.6) is 0 Å². The average molecular weight is 583 g/mol. The van der Waals surface area contributed by atoms with Gasteiger partial charge >= 0.3 is 6.08 Å². The Hall–Kier alpha value is -4.06. The predicted octanol–water partition coefficient (Wildman–Crippen LogP) is 4.18. The smallest absolute Gasteiger partial charge is 0.308 e. The van der Waals surface area contributed by atoms with Crippen molar-refractivity contribution >= 4 is 50.2 Å². The Morgan fingerprint density at radius 3 is 2.61 bits per heavy atom. The van der Waals surface area contributed by atoms with Gasteiger partial charge in [0.25, 0.3) is 0 Å². The van der Waals surface area contributed by atoms with Crippen molar-refractivity contribution in [2.45, 2.75) is 32.1 Å². The summed E-state index contributed by atoms with van der Waals surface area (Å²) in [6, 6.07) is 9.22. The van der Waals surface area contributed by atoms with E-state index >= 15 is 0 Å². The zero-order chi connectivity index (χ0) is 27.0. The molecule has 1 aliphatic rings. The van der Waals surface area contributed by atoms with Crippen LogP contribution in [0.4, 0.5) is 14.6 Å². The molecule has 0 bridgehead atoms. The number of carbonyl (C=O) groups is 3. The molecule has 194 valence electrons. The lowest BCUT2D eigenvalue weighted by atomic mass is 10.0. The second-order valence-corrected chi connectivity index (χ2v) is 9.74. The van der Waals surface area contributed by atoms with Crippen LogP contribution in [-0.2, 0) is 16.1 Å². The van der Waals surface area contributed by atoms with E-state index in [9.17, 15) is 23.2 Å². The topological polar surface area (TPSA) is 110 Å². The lowest BCUT2D eigenvalue weighted by Gasteiger charge is -2.24. The van der Waals surface area contributed by atoms with E-state index in [2.05, 4.69) is 36.2 Å². The number of ketones is 1. The predicted molar refractivity (Wildman–Crippen MR) is 139 cm³/mol. The molecule has 2 atom stereocenters. The zero-order valence-corrected chi connectivity index (χ0v) is 21.7. The molecule has 0 aliphatic carbocycles. The van der Waals surface area contributed by atoms with E-state index < -0.39 is 30.1 Å². The van der Waals surface area contributed by atoms with Gasteiger partial charge in [-0.1, -0.05) is 12.1 Å². The van der Waals surface area contributed by atoms with Gasteiger partial charge in [0.15, 0.2) is 5.78 Å². The first-order valence-electron chi connectivity index (χ1n) is 11.7. The molecule has 0 spiro atoms. The maximum absolute atomic E-state index is 14.4. The molecular weight excluding hydrogens is 562 g/mol. The van der Waals surface area contributed by atoms with E-state index in [0.29, 0.717) is 32.2 Å². The van der Waals surface area contributed by atoms with E-state index in [-0.39, 0.29) is 31.1 Å². The van der Waals surface area contributed by atoms with Gasteiger partial charge in [-0.2, -0.15) is 4.39 Å². The number of anilines is 1. The number of benzene rings is 1. The average Bonchev–Trinajstić information content (AvgIpc) is 3.45. The van der Waals surface area contributed by atoms with Crippen LogP contribution in [0.3, 0.4) is 0 Å². The highest BCUT2D eigenvalue weighted by atomic mass is 79.9. The van der Waals surface area contributed by atoms with Crippen LogP contribution in [0.15, 0.2) is 59.6 Å². The maximum Gasteiger partial charge on any atom is 0.308 e. The van der Waals surface area contributed by atoms with E-state index in [4.69, 9.17) is 0 Å². The Morgan fingerprint density at radius 2 is 1.89 bits per heavy atom. The summed E-state index contributed by atoms with van der Waals surface area (Å²) in [6.07, 6.45) is 1.93. The Kier molecular flexibility index (Phi) is 6.98. The molecule has 0 saturated carbocycles. The normalized spacial score (nSPS) is 17.1. The second-order valence-electron chi connectivity index (χ2n) is 8.93. The Bertz CT molecular complexity index is 1560. The summed E-state index contributed by atoms with van der Waals surface area (Å²) in [4.78, 5) is 51.2. The summed E-state index contributed by atoms with van der Waals surface area (Å²) in [6.45, 7) is 1.00. The minimum atomic E-state index is -1.35. The standard InChI is InChI=1S/C26H21BrF2N6O3/c1-14(36)19-12-34(20-6-5-15(7-18(19)20)16-9-30-26(29)31-10-16)13-24(37)35-11-17(28)8-21(35)25(38)33-23-4-2-3-22(27)32-23/h2-7,9-10,12,17,21H,8,11,13H2,1H3,(H,32,33,38)/t17-,21+/m1/s1. The van der Waals surface area contributed by atoms with E-state index in [1.54, 1.807) is 47.2 Å². The third kappa shape index (κ3) is 5.17. The molecule has 5 rings (SSSR count). The molecule has 1 aliphatic heterocycles. The Labute approximate surface area is 224 Å². The number of nitrogens with one attached hydrogen (secondary N) is 1. The summed E-state index contributed by atoms with van der Waals surface area (Å²) in [5, 5.41) is 3.23. The van der Waals surface area contributed by atoms with Crippen LogP contribution in [0.1, 0.15) is 23.7 Å². The number of hydrogen-bond acceptors (Lipinski definition) is 6. The second kappa shape index (κ2) is 10.4. The van der Waals surface area contributed by atoms with Crippen molar-refractivity contribution in [1.29, 1.82) is 0 Å². The van der Waals surface area contributed by atoms with Gasteiger partial charge < -0.3 is 14.8 Å². The van der Waals surface area contributed by atoms with Gasteiger partial charge in [-0.05, 0) is 52.7 Å². The summed E-state index contributed by atoms with van der Waals surface area (Å²) >= 11 is 3.23. The number of pyridine rings is 1. The monoisotopic (exact) mass is 582 g/mol. The highest BCUT2D eigenvalue weighted by Gasteiger charge is 2.40. The number of likely N-dealkylation sites (tertiary alicyclic amines) is 1. The largest absolute Gasteiger partial charge is 0.337 e. The number of hydrogen-bond donors (Lipinski definition) is 1. The minimum absolute atomic E-state index is 0.125. The van der Waals surface area contributed by atoms with Gasteiger partial charge in [-0.25, -0.2) is 19.3 Å². The molecular formula is C26H21BrF2N6O3. The number of alkyl halides is 1. The Morgan fingerprint density at radius 1 is 1.13 bits per heavy atom. The maximum atomic E-state index is 14.4. The van der Waals surface area contributed by atoms with Crippen LogP contribution in [-0.4, -0.2) is 60.8 Å². The molecule has 4 heterocycles. The minimum Gasteiger partial charge on any atom is -0.337 e. The summed E-state index contributed by atoms with van der Waals surface area (Å²) in [7, 11) is 0. The number of carbonyl (C=O) groups excluding carboxylic acids is 3. The number of amides is 2. The summed E-state index contributed by atoms with van der Waals surface area (Å²) in [5.74, 6) is -0.922. The van der Waals surface area contributed by atoms with Gasteiger partial charge in [0.2, 0.25) is 11.8 Å². The lowest BCUT2D eigenvalue weighted by Crippen LogP contribution is -2.44. The van der Waals surface area contributed by atoms with Crippen molar-refractivity contribution in [3.8, 4) is 11.1 Å². The van der Waals surface area contributed by atoms with Crippen molar-refractivity contribution in [3.63, 3.8) is 0 Å². The fraction of sp³-hybridized carbons (Fsp3) is 0.231. The van der Waals surface area contributed by atoms with Gasteiger partial charge in [-0.15, -0.1) is 0 Å². The van der Waals surface area contributed by atoms with E-state index in [1.165, 1.54) is 24.2 Å². The van der Waals surface area contributed by atoms with Crippen LogP contribution in [0, 0.1) is 6.08 Å². The van der Waals surface area contributed by atoms with Crippen LogP contribution in [0.2, 0.25) is 0 Å². The van der Waals surface area contributed by atoms with Crippen molar-refractivity contribution < 1.29 is 23.2 Å². The number of nitrogens with zero attached hydrogens (tertiary/aromatic N) is 5. The number of fused-ring (bicyclic) bond motifs is 1. The van der Waals surface area contributed by atoms with Gasteiger partial charge in [0.1, 0.15) is 29.2 Å². The molecule has 0 radical (unpaired) electrons. The van der Waals surface area contributed by atoms with Gasteiger partial charge in [-0.3, -0.25) is 14.4 Å². The highest BCUT2D eigenvalue weighted by Crippen LogP contribution is 2.29. The Balaban J connectivity index is 1.41. The molecule has 1 fully saturated rings. The van der Waals surface area contributed by atoms with Gasteiger partial charge in [0.05, 0.1) is 6.54 Å². The highest BCUT2D eigenvalue weighted by molar-refractivity contribution is 9.10. The molecule has 1 N–H and O–H groups in total. The number of aromatic nitrogens is 4. The molecule has 12 heteroatoms. The molecule has 4 aromatic rings. The molecule has 1 aromatic carbocycles. The molecule has 9 nitrogen and oxygen atoms in total. The third-order valence-corrected chi connectivity index (χ3v) is 6.80. The van der Waals surface area contributed by atoms with Crippen molar-refractivity contribution in [2.75, 3.05) is 11.9 Å². The lowest BCUT2D eigenvalue weighted by molar-refractivity contribution is -0.137. The first-order chi connectivity index (χ1) is 18.2. The molecule has 1 saturated heterocycles. The van der Waals surface area contributed by atoms with Gasteiger partial charge in [0, 0.05) is 47.0 Å². The van der Waals surface area contributed by atoms with E-state index in [1.807, 2.05) is 0 Å². The number of rotatable bonds is 6. The third-order valence-electron chi connectivity index (χ3n) is 6.36. The first kappa shape index (κ1) is 25.6. The zero-order valence-electron chi connectivity index (χ0n) is 20.1. The van der Waals surface area contributed by atoms with Crippen molar-refractivity contribution in [1.82, 2.24) is 24.4 Å². The number of Topliss-reactive ketones (excluding diaryl/α,β-unsaturated/α-hetero) is 1. The quantitative estimate of drug-likeness (QED) is 0.207. The first-order valence-corrected chi connectivity index (χ1v) is 12.5. The summed E-state index contributed by atoms with van der Waals surface area (Å²) < 4.78 is 29.7. The van der Waals surface area contributed by atoms with Crippen LogP contribution >= 0.6 is 15.9 Å². The van der Waals surface area contributed by atoms with Crippen molar-refractivity contribution in [2.24, 2.45) is 0 Å². The molecule has 0 unspecified atom stereocenters. The van der Waals surface area contributed by atoms with Crippen LogP contribution < -0.4 is 5.32 Å². The number of halogens is 3. The fourth-order valence-corrected chi connectivity index (χ4v) is 4.93. The fourth-order valence-electron chi connectivity index (χ4n) is 4.58. The van der Waals surface area contributed by atoms with E-state index in [0.717, 1.165) is 0 Å². The molecule has 38 heavy (non-hydrogen) atoms. The van der Waals surface area contributed by atoms with Crippen molar-refractivity contribution in [3.05, 3.63) is 71.2 Å². The summed E-state index contributed by atoms with van der Waals surface area (Å²) in [5.41, 5.74) is 2.22. The van der Waals surface area contributed by atoms with Crippen LogP contribution in [0.25, 0.3) is 22.0 Å². The molecule has 2 amide bonds. The molecule has 3 aromatic heterocycles.